The van der Waals surface area contributed by atoms with E-state index in [4.69, 9.17) is 22.1 Å². The maximum Gasteiger partial charge on any atom is 0.263 e. The van der Waals surface area contributed by atoms with Gasteiger partial charge in [0.1, 0.15) is 10.6 Å². The molecule has 148 valence electrons. The number of aromatic amines is 1. The van der Waals surface area contributed by atoms with E-state index in [0.29, 0.717) is 28.6 Å². The van der Waals surface area contributed by atoms with Crippen LogP contribution < -0.4 is 15.2 Å². The van der Waals surface area contributed by atoms with E-state index in [9.17, 15) is 8.42 Å². The fraction of sp³-hybridized carbons (Fsp3) is 0.0526. The minimum Gasteiger partial charge on any atom is -0.497 e. The number of nitrogen functional groups attached to an aromatic ring is 1. The smallest absolute Gasteiger partial charge is 0.263 e. The van der Waals surface area contributed by atoms with Crippen molar-refractivity contribution >= 4 is 44.2 Å². The van der Waals surface area contributed by atoms with Crippen molar-refractivity contribution in [2.24, 2.45) is 0 Å². The van der Waals surface area contributed by atoms with Gasteiger partial charge < -0.3 is 10.5 Å². The van der Waals surface area contributed by atoms with Crippen molar-refractivity contribution in [2.45, 2.75) is 4.90 Å². The number of nitrogens with one attached hydrogen (secondary N) is 2. The van der Waals surface area contributed by atoms with Gasteiger partial charge in [-0.1, -0.05) is 23.7 Å². The SMILES string of the molecule is COc1ccc(Cl)c(S(=O)(=O)Nc2ccc(-c3ccc4c(N)n[nH]c4n3)cc2)c1. The molecule has 2 aromatic heterocycles. The van der Waals surface area contributed by atoms with E-state index in [1.165, 1.54) is 19.2 Å². The summed E-state index contributed by atoms with van der Waals surface area (Å²) in [5.41, 5.74) is 8.23. The Bertz CT molecular complexity index is 1300. The van der Waals surface area contributed by atoms with Gasteiger partial charge in [0.25, 0.3) is 10.0 Å². The Hall–Kier alpha value is -3.30. The molecule has 0 spiro atoms. The Balaban J connectivity index is 1.60. The third-order valence-corrected chi connectivity index (χ3v) is 6.18. The summed E-state index contributed by atoms with van der Waals surface area (Å²) in [6.45, 7) is 0. The summed E-state index contributed by atoms with van der Waals surface area (Å²) >= 11 is 6.06. The molecule has 0 bridgehead atoms. The predicted molar refractivity (Wildman–Crippen MR) is 113 cm³/mol. The first kappa shape index (κ1) is 19.0. The van der Waals surface area contributed by atoms with Crippen LogP contribution in [0.25, 0.3) is 22.3 Å². The quantitative estimate of drug-likeness (QED) is 0.444. The Kier molecular flexibility index (Phi) is 4.77. The number of methoxy groups -OCH3 is 1. The van der Waals surface area contributed by atoms with E-state index >= 15 is 0 Å². The molecule has 0 aliphatic rings. The Morgan fingerprint density at radius 2 is 1.86 bits per heavy atom. The number of fused-ring (bicyclic) bond motifs is 1. The maximum absolute atomic E-state index is 12.7. The normalized spacial score (nSPS) is 11.5. The number of hydrogen-bond acceptors (Lipinski definition) is 6. The number of aromatic nitrogens is 3. The first-order chi connectivity index (χ1) is 13.9. The molecule has 0 aliphatic carbocycles. The van der Waals surface area contributed by atoms with Gasteiger partial charge in [0.05, 0.1) is 23.2 Å². The molecule has 0 fully saturated rings. The minimum absolute atomic E-state index is 0.0634. The molecule has 8 nitrogen and oxygen atoms in total. The first-order valence-electron chi connectivity index (χ1n) is 8.45. The molecular formula is C19H16ClN5O3S. The van der Waals surface area contributed by atoms with Gasteiger partial charge in [0.15, 0.2) is 11.5 Å². The van der Waals surface area contributed by atoms with Gasteiger partial charge >= 0.3 is 0 Å². The van der Waals surface area contributed by atoms with Crippen molar-refractivity contribution in [3.05, 3.63) is 59.6 Å². The average Bonchev–Trinajstić information content (AvgIpc) is 3.09. The highest BCUT2D eigenvalue weighted by Crippen LogP contribution is 2.29. The molecular weight excluding hydrogens is 414 g/mol. The van der Waals surface area contributed by atoms with Crippen LogP contribution in [0, 0.1) is 0 Å². The summed E-state index contributed by atoms with van der Waals surface area (Å²) in [5.74, 6) is 0.783. The third-order valence-electron chi connectivity index (χ3n) is 4.31. The van der Waals surface area contributed by atoms with Gasteiger partial charge in [-0.3, -0.25) is 9.82 Å². The zero-order valence-corrected chi connectivity index (χ0v) is 16.8. The number of H-pyrrole nitrogens is 1. The van der Waals surface area contributed by atoms with E-state index in [2.05, 4.69) is 19.9 Å². The minimum atomic E-state index is -3.88. The summed E-state index contributed by atoms with van der Waals surface area (Å²) in [7, 11) is -2.43. The Morgan fingerprint density at radius 3 is 2.59 bits per heavy atom. The molecule has 0 amide bonds. The number of benzene rings is 2. The molecule has 4 N–H and O–H groups in total. The first-order valence-corrected chi connectivity index (χ1v) is 10.3. The van der Waals surface area contributed by atoms with Crippen LogP contribution in [0.5, 0.6) is 5.75 Å². The van der Waals surface area contributed by atoms with E-state index in [-0.39, 0.29) is 9.92 Å². The molecule has 2 heterocycles. The number of anilines is 2. The number of sulfonamides is 1. The van der Waals surface area contributed by atoms with E-state index in [1.54, 1.807) is 30.3 Å². The number of nitrogens with zero attached hydrogens (tertiary/aromatic N) is 2. The standard InChI is InChI=1S/C19H16ClN5O3S/c1-28-13-6-8-15(20)17(10-13)29(26,27)25-12-4-2-11(3-5-12)16-9-7-14-18(21)23-24-19(14)22-16/h2-10,25H,1H3,(H3,21,22,23,24). The summed E-state index contributed by atoms with van der Waals surface area (Å²) in [5, 5.41) is 7.55. The second-order valence-corrected chi connectivity index (χ2v) is 8.24. The lowest BCUT2D eigenvalue weighted by molar-refractivity contribution is 0.413. The van der Waals surface area contributed by atoms with E-state index < -0.39 is 10.0 Å². The number of halogens is 1. The fourth-order valence-electron chi connectivity index (χ4n) is 2.82. The van der Waals surface area contributed by atoms with Gasteiger partial charge in [-0.2, -0.15) is 5.10 Å². The van der Waals surface area contributed by atoms with Crippen LogP contribution >= 0.6 is 11.6 Å². The number of hydrogen-bond donors (Lipinski definition) is 3. The molecule has 0 atom stereocenters. The molecule has 4 aromatic rings. The summed E-state index contributed by atoms with van der Waals surface area (Å²) < 4.78 is 33.0. The zero-order chi connectivity index (χ0) is 20.6. The van der Waals surface area contributed by atoms with Crippen molar-refractivity contribution in [3.63, 3.8) is 0 Å². The van der Waals surface area contributed by atoms with Gasteiger partial charge in [0, 0.05) is 17.3 Å². The highest BCUT2D eigenvalue weighted by Gasteiger charge is 2.19. The third kappa shape index (κ3) is 3.69. The molecule has 29 heavy (non-hydrogen) atoms. The van der Waals surface area contributed by atoms with Gasteiger partial charge in [-0.25, -0.2) is 13.4 Å². The van der Waals surface area contributed by atoms with Gasteiger partial charge in [-0.05, 0) is 36.4 Å². The topological polar surface area (TPSA) is 123 Å². The second-order valence-electron chi connectivity index (χ2n) is 6.18. The van der Waals surface area contributed by atoms with Crippen LogP contribution in [-0.2, 0) is 10.0 Å². The molecule has 0 radical (unpaired) electrons. The van der Waals surface area contributed by atoms with Crippen LogP contribution in [0.3, 0.4) is 0 Å². The molecule has 10 heteroatoms. The largest absolute Gasteiger partial charge is 0.497 e. The summed E-state index contributed by atoms with van der Waals surface area (Å²) in [6, 6.07) is 14.9. The molecule has 0 saturated carbocycles. The van der Waals surface area contributed by atoms with Gasteiger partial charge in [0.2, 0.25) is 0 Å². The molecule has 4 rings (SSSR count). The van der Waals surface area contributed by atoms with Crippen LogP contribution in [0.4, 0.5) is 11.5 Å². The van der Waals surface area contributed by atoms with Crippen LogP contribution in [0.1, 0.15) is 0 Å². The lowest BCUT2D eigenvalue weighted by Gasteiger charge is -2.11. The Morgan fingerprint density at radius 1 is 1.10 bits per heavy atom. The average molecular weight is 430 g/mol. The highest BCUT2D eigenvalue weighted by atomic mass is 35.5. The van der Waals surface area contributed by atoms with Crippen molar-refractivity contribution in [1.82, 2.24) is 15.2 Å². The zero-order valence-electron chi connectivity index (χ0n) is 15.2. The van der Waals surface area contributed by atoms with E-state index in [0.717, 1.165) is 10.9 Å². The lowest BCUT2D eigenvalue weighted by Crippen LogP contribution is -2.13. The molecule has 0 saturated heterocycles. The maximum atomic E-state index is 12.7. The van der Waals surface area contributed by atoms with Crippen LogP contribution in [0.2, 0.25) is 5.02 Å². The van der Waals surface area contributed by atoms with Crippen LogP contribution in [-0.4, -0.2) is 30.7 Å². The van der Waals surface area contributed by atoms with E-state index in [1.807, 2.05) is 12.1 Å². The van der Waals surface area contributed by atoms with Crippen LogP contribution in [0.15, 0.2) is 59.5 Å². The lowest BCUT2D eigenvalue weighted by atomic mass is 10.1. The monoisotopic (exact) mass is 429 g/mol. The van der Waals surface area contributed by atoms with Crippen molar-refractivity contribution in [3.8, 4) is 17.0 Å². The second kappa shape index (κ2) is 7.26. The highest BCUT2D eigenvalue weighted by molar-refractivity contribution is 7.92. The molecule has 0 unspecified atom stereocenters. The Labute approximate surface area is 171 Å². The molecule has 0 aliphatic heterocycles. The predicted octanol–water partition coefficient (Wildman–Crippen LogP) is 3.67. The van der Waals surface area contributed by atoms with Crippen molar-refractivity contribution in [2.75, 3.05) is 17.6 Å². The number of rotatable bonds is 5. The molecule has 2 aromatic carbocycles. The number of nitrogens with two attached hydrogens (primary N) is 1. The summed E-state index contributed by atoms with van der Waals surface area (Å²) in [4.78, 5) is 4.42. The van der Waals surface area contributed by atoms with Crippen molar-refractivity contribution < 1.29 is 13.2 Å². The van der Waals surface area contributed by atoms with Gasteiger partial charge in [-0.15, -0.1) is 0 Å². The number of pyridine rings is 1. The van der Waals surface area contributed by atoms with Crippen molar-refractivity contribution in [1.29, 1.82) is 0 Å². The number of ether oxygens (including phenoxy) is 1. The summed E-state index contributed by atoms with van der Waals surface area (Å²) in [6.07, 6.45) is 0. The fourth-order valence-corrected chi connectivity index (χ4v) is 4.40.